The van der Waals surface area contributed by atoms with Gasteiger partial charge in [-0.3, -0.25) is 4.90 Å². The summed E-state index contributed by atoms with van der Waals surface area (Å²) in [5.74, 6) is 1.85. The minimum Gasteiger partial charge on any atom is -0.303 e. The molecule has 0 bridgehead atoms. The van der Waals surface area contributed by atoms with Crippen molar-refractivity contribution >= 4 is 6.29 Å². The van der Waals surface area contributed by atoms with E-state index in [1.807, 2.05) is 13.8 Å². The van der Waals surface area contributed by atoms with E-state index in [1.165, 1.54) is 71.2 Å². The van der Waals surface area contributed by atoms with Crippen LogP contribution in [0.5, 0.6) is 0 Å². The number of rotatable bonds is 6. The van der Waals surface area contributed by atoms with Crippen LogP contribution in [-0.4, -0.2) is 79.4 Å². The molecule has 0 unspecified atom stereocenters. The molecular weight excluding hydrogens is 322 g/mol. The van der Waals surface area contributed by atoms with Gasteiger partial charge in [0.1, 0.15) is 6.29 Å². The van der Waals surface area contributed by atoms with Crippen molar-refractivity contribution < 1.29 is 4.79 Å². The van der Waals surface area contributed by atoms with Crippen LogP contribution >= 0.6 is 0 Å². The van der Waals surface area contributed by atoms with E-state index in [-0.39, 0.29) is 5.41 Å². The Balaban J connectivity index is 1.33. The highest BCUT2D eigenvalue weighted by atomic mass is 16.1. The Labute approximate surface area is 161 Å². The second-order valence-corrected chi connectivity index (χ2v) is 10.1. The Bertz CT molecular complexity index is 429. The van der Waals surface area contributed by atoms with Crippen LogP contribution in [0.2, 0.25) is 0 Å². The fourth-order valence-electron chi connectivity index (χ4n) is 5.22. The number of piperidine rings is 1. The fraction of sp³-hybridized carbons (Fsp3) is 0.955. The van der Waals surface area contributed by atoms with E-state index in [9.17, 15) is 4.79 Å². The minimum atomic E-state index is -0.202. The summed E-state index contributed by atoms with van der Waals surface area (Å²) >= 11 is 0. The van der Waals surface area contributed by atoms with E-state index in [1.54, 1.807) is 0 Å². The van der Waals surface area contributed by atoms with Gasteiger partial charge in [-0.25, -0.2) is 0 Å². The molecule has 0 spiro atoms. The Kier molecular flexibility index (Phi) is 7.15. The average molecular weight is 364 g/mol. The summed E-state index contributed by atoms with van der Waals surface area (Å²) < 4.78 is 0. The minimum absolute atomic E-state index is 0.202. The van der Waals surface area contributed by atoms with Crippen LogP contribution < -0.4 is 0 Å². The maximum Gasteiger partial charge on any atom is 0.126 e. The summed E-state index contributed by atoms with van der Waals surface area (Å²) in [6, 6.07) is 0.886. The topological polar surface area (TPSA) is 26.8 Å². The molecular formula is C22H41N3O. The summed E-state index contributed by atoms with van der Waals surface area (Å²) in [5.41, 5.74) is -0.202. The molecule has 0 amide bonds. The third kappa shape index (κ3) is 5.77. The average Bonchev–Trinajstić information content (AvgIpc) is 2.65. The van der Waals surface area contributed by atoms with E-state index in [2.05, 4.69) is 21.6 Å². The Hall–Kier alpha value is -0.450. The molecule has 0 aromatic rings. The van der Waals surface area contributed by atoms with Crippen LogP contribution in [0.3, 0.4) is 0 Å². The molecule has 0 N–H and O–H groups in total. The van der Waals surface area contributed by atoms with Gasteiger partial charge in [-0.15, -0.1) is 0 Å². The molecule has 0 atom stereocenters. The molecule has 2 saturated heterocycles. The number of nitrogens with zero attached hydrogens (tertiary/aromatic N) is 3. The van der Waals surface area contributed by atoms with Crippen molar-refractivity contribution in [2.75, 3.05) is 52.4 Å². The maximum atomic E-state index is 11.1. The number of aldehydes is 1. The second kappa shape index (κ2) is 9.16. The molecule has 3 rings (SSSR count). The van der Waals surface area contributed by atoms with Gasteiger partial charge < -0.3 is 14.6 Å². The van der Waals surface area contributed by atoms with Crippen LogP contribution in [0.4, 0.5) is 0 Å². The SMILES string of the molecule is CC(C)(C=O)CN1CCN(CC2CCN([C@H]3CC[C@@H](C)CC3)CC2)CC1. The third-order valence-electron chi connectivity index (χ3n) is 7.08. The number of carbonyl (C=O) groups is 1. The van der Waals surface area contributed by atoms with Crippen LogP contribution in [-0.2, 0) is 4.79 Å². The smallest absolute Gasteiger partial charge is 0.126 e. The molecule has 150 valence electrons. The van der Waals surface area contributed by atoms with Crippen LogP contribution in [0.15, 0.2) is 0 Å². The monoisotopic (exact) mass is 363 g/mol. The first-order valence-electron chi connectivity index (χ1n) is 11.1. The van der Waals surface area contributed by atoms with E-state index >= 15 is 0 Å². The number of carbonyl (C=O) groups excluding carboxylic acids is 1. The predicted molar refractivity (Wildman–Crippen MR) is 108 cm³/mol. The second-order valence-electron chi connectivity index (χ2n) is 10.1. The van der Waals surface area contributed by atoms with E-state index in [0.29, 0.717) is 0 Å². The zero-order valence-corrected chi connectivity index (χ0v) is 17.5. The molecule has 4 nitrogen and oxygen atoms in total. The molecule has 0 radical (unpaired) electrons. The van der Waals surface area contributed by atoms with Crippen LogP contribution in [0.1, 0.15) is 59.3 Å². The molecule has 26 heavy (non-hydrogen) atoms. The first-order valence-corrected chi connectivity index (χ1v) is 11.1. The van der Waals surface area contributed by atoms with Crippen LogP contribution in [0.25, 0.3) is 0 Å². The molecule has 0 aromatic heterocycles. The summed E-state index contributed by atoms with van der Waals surface area (Å²) in [5, 5.41) is 0. The van der Waals surface area contributed by atoms with Gasteiger partial charge in [-0.2, -0.15) is 0 Å². The lowest BCUT2D eigenvalue weighted by atomic mass is 9.85. The predicted octanol–water partition coefficient (Wildman–Crippen LogP) is 3.12. The van der Waals surface area contributed by atoms with Gasteiger partial charge in [0.15, 0.2) is 0 Å². The first kappa shape index (κ1) is 20.3. The lowest BCUT2D eigenvalue weighted by Crippen LogP contribution is -2.51. The van der Waals surface area contributed by atoms with E-state index in [4.69, 9.17) is 0 Å². The first-order chi connectivity index (χ1) is 12.4. The van der Waals surface area contributed by atoms with Gasteiger partial charge in [0.2, 0.25) is 0 Å². The number of likely N-dealkylation sites (tertiary alicyclic amines) is 1. The molecule has 4 heteroatoms. The van der Waals surface area contributed by atoms with Crippen molar-refractivity contribution in [2.24, 2.45) is 17.3 Å². The lowest BCUT2D eigenvalue weighted by Gasteiger charge is -2.42. The zero-order chi connectivity index (χ0) is 18.6. The highest BCUT2D eigenvalue weighted by Crippen LogP contribution is 2.30. The Morgan fingerprint density at radius 3 is 2.00 bits per heavy atom. The molecule has 2 heterocycles. The summed E-state index contributed by atoms with van der Waals surface area (Å²) in [4.78, 5) is 19.1. The van der Waals surface area contributed by atoms with Gasteiger partial charge in [-0.05, 0) is 63.5 Å². The van der Waals surface area contributed by atoms with Gasteiger partial charge in [-0.1, -0.05) is 20.8 Å². The fourth-order valence-corrected chi connectivity index (χ4v) is 5.22. The summed E-state index contributed by atoms with van der Waals surface area (Å²) in [6.45, 7) is 16.0. The van der Waals surface area contributed by atoms with Crippen molar-refractivity contribution in [3.05, 3.63) is 0 Å². The zero-order valence-electron chi connectivity index (χ0n) is 17.5. The van der Waals surface area contributed by atoms with Crippen molar-refractivity contribution in [3.63, 3.8) is 0 Å². The van der Waals surface area contributed by atoms with Crippen molar-refractivity contribution in [2.45, 2.75) is 65.3 Å². The Morgan fingerprint density at radius 2 is 1.42 bits per heavy atom. The number of hydrogen-bond donors (Lipinski definition) is 0. The lowest BCUT2D eigenvalue weighted by molar-refractivity contribution is -0.115. The number of hydrogen-bond acceptors (Lipinski definition) is 4. The molecule has 1 saturated carbocycles. The molecule has 1 aliphatic carbocycles. The molecule has 3 aliphatic rings. The van der Waals surface area contributed by atoms with Gasteiger partial charge in [0.25, 0.3) is 0 Å². The number of piperazine rings is 1. The van der Waals surface area contributed by atoms with Gasteiger partial charge in [0, 0.05) is 50.7 Å². The quantitative estimate of drug-likeness (QED) is 0.678. The normalized spacial score (nSPS) is 31.2. The van der Waals surface area contributed by atoms with E-state index in [0.717, 1.165) is 43.8 Å². The van der Waals surface area contributed by atoms with Crippen molar-refractivity contribution in [1.82, 2.24) is 14.7 Å². The van der Waals surface area contributed by atoms with Crippen LogP contribution in [0, 0.1) is 17.3 Å². The Morgan fingerprint density at radius 1 is 0.846 bits per heavy atom. The molecule has 3 fully saturated rings. The van der Waals surface area contributed by atoms with Gasteiger partial charge in [0.05, 0.1) is 0 Å². The van der Waals surface area contributed by atoms with Crippen molar-refractivity contribution in [3.8, 4) is 0 Å². The highest BCUT2D eigenvalue weighted by Gasteiger charge is 2.30. The van der Waals surface area contributed by atoms with E-state index < -0.39 is 0 Å². The third-order valence-corrected chi connectivity index (χ3v) is 7.08. The largest absolute Gasteiger partial charge is 0.303 e. The summed E-state index contributed by atoms with van der Waals surface area (Å²) in [6.07, 6.45) is 9.65. The van der Waals surface area contributed by atoms with Crippen molar-refractivity contribution in [1.29, 1.82) is 0 Å². The standard InChI is InChI=1S/C22H41N3O/c1-19-4-6-21(7-5-19)25-10-8-20(9-11-25)16-23-12-14-24(15-13-23)17-22(2,3)18-26/h18-21H,4-17H2,1-3H3/t19-,21+. The maximum absolute atomic E-state index is 11.1. The highest BCUT2D eigenvalue weighted by molar-refractivity contribution is 5.58. The molecule has 0 aromatic carbocycles. The van der Waals surface area contributed by atoms with Gasteiger partial charge >= 0.3 is 0 Å². The molecule has 2 aliphatic heterocycles. The summed E-state index contributed by atoms with van der Waals surface area (Å²) in [7, 11) is 0.